The molecular weight excluding hydrogens is 250 g/mol. The van der Waals surface area contributed by atoms with Crippen molar-refractivity contribution in [2.45, 2.75) is 19.4 Å². The molecule has 1 unspecified atom stereocenters. The van der Waals surface area contributed by atoms with Crippen LogP contribution < -0.4 is 4.90 Å². The molecule has 5 heteroatoms. The van der Waals surface area contributed by atoms with Gasteiger partial charge in [-0.05, 0) is 24.1 Å². The highest BCUT2D eigenvalue weighted by Crippen LogP contribution is 2.22. The third-order valence-electron chi connectivity index (χ3n) is 3.37. The molecule has 0 bridgehead atoms. The van der Waals surface area contributed by atoms with Gasteiger partial charge < -0.3 is 10.0 Å². The lowest BCUT2D eigenvalue weighted by atomic mass is 10.1. The normalized spacial score (nSPS) is 20.7. The molecule has 0 spiro atoms. The van der Waals surface area contributed by atoms with Gasteiger partial charge in [0.25, 0.3) is 0 Å². The molecule has 2 rings (SSSR count). The number of rotatable bonds is 3. The first-order chi connectivity index (χ1) is 8.52. The van der Waals surface area contributed by atoms with E-state index < -0.39 is 15.9 Å². The smallest absolute Gasteiger partial charge is 0.153 e. The maximum absolute atomic E-state index is 11.3. The van der Waals surface area contributed by atoms with Crippen molar-refractivity contribution in [2.75, 3.05) is 29.5 Å². The third kappa shape index (κ3) is 3.03. The largest absolute Gasteiger partial charge is 0.388 e. The minimum absolute atomic E-state index is 0.229. The number of benzene rings is 1. The summed E-state index contributed by atoms with van der Waals surface area (Å²) in [7, 11) is -2.83. The number of nitrogens with zero attached hydrogens (tertiary/aromatic N) is 1. The van der Waals surface area contributed by atoms with E-state index in [1.807, 2.05) is 31.2 Å². The highest BCUT2D eigenvalue weighted by Gasteiger charge is 2.21. The van der Waals surface area contributed by atoms with Gasteiger partial charge in [-0.15, -0.1) is 0 Å². The molecule has 1 aromatic rings. The second kappa shape index (κ2) is 5.28. The molecule has 0 amide bonds. The average molecular weight is 269 g/mol. The zero-order chi connectivity index (χ0) is 13.2. The van der Waals surface area contributed by atoms with E-state index in [0.717, 1.165) is 11.3 Å². The first-order valence-corrected chi connectivity index (χ1v) is 8.07. The first-order valence-electron chi connectivity index (χ1n) is 6.25. The molecule has 1 N–H and O–H groups in total. The van der Waals surface area contributed by atoms with Crippen LogP contribution in [-0.4, -0.2) is 38.1 Å². The van der Waals surface area contributed by atoms with Crippen LogP contribution in [0.5, 0.6) is 0 Å². The van der Waals surface area contributed by atoms with Gasteiger partial charge in [0, 0.05) is 18.8 Å². The highest BCUT2D eigenvalue weighted by molar-refractivity contribution is 7.91. The van der Waals surface area contributed by atoms with Crippen molar-refractivity contribution in [3.05, 3.63) is 29.8 Å². The SMILES string of the molecule is CCC(O)c1ccc(N2CCS(=O)(=O)CC2)cc1. The lowest BCUT2D eigenvalue weighted by molar-refractivity contribution is 0.173. The van der Waals surface area contributed by atoms with Crippen molar-refractivity contribution >= 4 is 15.5 Å². The fourth-order valence-electron chi connectivity index (χ4n) is 2.11. The Bertz CT molecular complexity index is 481. The number of sulfone groups is 1. The molecule has 4 nitrogen and oxygen atoms in total. The summed E-state index contributed by atoms with van der Waals surface area (Å²) < 4.78 is 22.7. The number of aliphatic hydroxyl groups is 1. The van der Waals surface area contributed by atoms with Gasteiger partial charge in [0.1, 0.15) is 0 Å². The highest BCUT2D eigenvalue weighted by atomic mass is 32.2. The van der Waals surface area contributed by atoms with Gasteiger partial charge in [-0.3, -0.25) is 0 Å². The number of hydrogen-bond acceptors (Lipinski definition) is 4. The van der Waals surface area contributed by atoms with Crippen molar-refractivity contribution in [3.63, 3.8) is 0 Å². The molecule has 0 saturated carbocycles. The maximum Gasteiger partial charge on any atom is 0.153 e. The number of anilines is 1. The topological polar surface area (TPSA) is 57.6 Å². The van der Waals surface area contributed by atoms with Crippen LogP contribution in [-0.2, 0) is 9.84 Å². The van der Waals surface area contributed by atoms with Crippen LogP contribution >= 0.6 is 0 Å². The van der Waals surface area contributed by atoms with Crippen LogP contribution in [0.3, 0.4) is 0 Å². The van der Waals surface area contributed by atoms with Crippen molar-refractivity contribution in [2.24, 2.45) is 0 Å². The van der Waals surface area contributed by atoms with Crippen LogP contribution in [0.2, 0.25) is 0 Å². The Balaban J connectivity index is 2.07. The van der Waals surface area contributed by atoms with Gasteiger partial charge in [-0.25, -0.2) is 8.42 Å². The standard InChI is InChI=1S/C13H19NO3S/c1-2-13(15)11-3-5-12(6-4-11)14-7-9-18(16,17)10-8-14/h3-6,13,15H,2,7-10H2,1H3. The fraction of sp³-hybridized carbons (Fsp3) is 0.538. The maximum atomic E-state index is 11.3. The Hall–Kier alpha value is -1.07. The molecule has 1 aromatic carbocycles. The van der Waals surface area contributed by atoms with Crippen molar-refractivity contribution in [3.8, 4) is 0 Å². The van der Waals surface area contributed by atoms with E-state index in [2.05, 4.69) is 4.90 Å². The van der Waals surface area contributed by atoms with Gasteiger partial charge >= 0.3 is 0 Å². The summed E-state index contributed by atoms with van der Waals surface area (Å²) in [6.07, 6.45) is 0.280. The predicted octanol–water partition coefficient (Wildman–Crippen LogP) is 1.36. The number of aliphatic hydroxyl groups excluding tert-OH is 1. The molecule has 1 aliphatic rings. The molecule has 1 atom stereocenters. The van der Waals surface area contributed by atoms with Crippen LogP contribution in [0.1, 0.15) is 25.0 Å². The number of hydrogen-bond donors (Lipinski definition) is 1. The van der Waals surface area contributed by atoms with Gasteiger partial charge in [0.15, 0.2) is 9.84 Å². The molecule has 100 valence electrons. The van der Waals surface area contributed by atoms with Gasteiger partial charge in [-0.2, -0.15) is 0 Å². The average Bonchev–Trinajstić information content (AvgIpc) is 2.38. The molecule has 1 aliphatic heterocycles. The first kappa shape index (κ1) is 13.4. The summed E-state index contributed by atoms with van der Waals surface area (Å²) in [5.74, 6) is 0.457. The van der Waals surface area contributed by atoms with E-state index in [4.69, 9.17) is 0 Å². The molecule has 0 radical (unpaired) electrons. The summed E-state index contributed by atoms with van der Waals surface area (Å²) in [4.78, 5) is 2.07. The molecular formula is C13H19NO3S. The molecule has 1 saturated heterocycles. The summed E-state index contributed by atoms with van der Waals surface area (Å²) in [5.41, 5.74) is 1.93. The van der Waals surface area contributed by atoms with E-state index in [1.54, 1.807) is 0 Å². The van der Waals surface area contributed by atoms with Gasteiger partial charge in [0.05, 0.1) is 17.6 Å². The Morgan fingerprint density at radius 2 is 1.78 bits per heavy atom. The summed E-state index contributed by atoms with van der Waals surface area (Å²) >= 11 is 0. The predicted molar refractivity (Wildman–Crippen MR) is 72.6 cm³/mol. The van der Waals surface area contributed by atoms with Crippen LogP contribution in [0.15, 0.2) is 24.3 Å². The van der Waals surface area contributed by atoms with Gasteiger partial charge in [-0.1, -0.05) is 19.1 Å². The van der Waals surface area contributed by atoms with E-state index in [-0.39, 0.29) is 11.5 Å². The Morgan fingerprint density at radius 1 is 1.22 bits per heavy atom. The van der Waals surface area contributed by atoms with E-state index >= 15 is 0 Å². The van der Waals surface area contributed by atoms with Crippen molar-refractivity contribution < 1.29 is 13.5 Å². The van der Waals surface area contributed by atoms with Crippen molar-refractivity contribution in [1.82, 2.24) is 0 Å². The second-order valence-corrected chi connectivity index (χ2v) is 6.96. The lowest BCUT2D eigenvalue weighted by Crippen LogP contribution is -2.40. The van der Waals surface area contributed by atoms with Crippen LogP contribution in [0.4, 0.5) is 5.69 Å². The molecule has 0 aliphatic carbocycles. The van der Waals surface area contributed by atoms with E-state index in [0.29, 0.717) is 19.5 Å². The molecule has 1 fully saturated rings. The minimum atomic E-state index is -2.83. The Kier molecular flexibility index (Phi) is 3.92. The Morgan fingerprint density at radius 3 is 2.28 bits per heavy atom. The molecule has 18 heavy (non-hydrogen) atoms. The summed E-state index contributed by atoms with van der Waals surface area (Å²) in [6, 6.07) is 7.72. The lowest BCUT2D eigenvalue weighted by Gasteiger charge is -2.29. The summed E-state index contributed by atoms with van der Waals surface area (Å²) in [6.45, 7) is 3.05. The van der Waals surface area contributed by atoms with Crippen LogP contribution in [0.25, 0.3) is 0 Å². The molecule has 0 aromatic heterocycles. The third-order valence-corrected chi connectivity index (χ3v) is 4.98. The summed E-state index contributed by atoms with van der Waals surface area (Å²) in [5, 5.41) is 9.71. The van der Waals surface area contributed by atoms with E-state index in [9.17, 15) is 13.5 Å². The minimum Gasteiger partial charge on any atom is -0.388 e. The quantitative estimate of drug-likeness (QED) is 0.900. The van der Waals surface area contributed by atoms with Crippen molar-refractivity contribution in [1.29, 1.82) is 0 Å². The Labute approximate surface area is 108 Å². The van der Waals surface area contributed by atoms with Crippen LogP contribution in [0, 0.1) is 0 Å². The fourth-order valence-corrected chi connectivity index (χ4v) is 3.31. The molecule has 1 heterocycles. The zero-order valence-corrected chi connectivity index (χ0v) is 11.4. The zero-order valence-electron chi connectivity index (χ0n) is 10.5. The monoisotopic (exact) mass is 269 g/mol. The van der Waals surface area contributed by atoms with E-state index in [1.165, 1.54) is 0 Å². The second-order valence-electron chi connectivity index (χ2n) is 4.65. The van der Waals surface area contributed by atoms with Gasteiger partial charge in [0.2, 0.25) is 0 Å².